The van der Waals surface area contributed by atoms with E-state index in [0.717, 1.165) is 32.4 Å². The van der Waals surface area contributed by atoms with E-state index in [0.29, 0.717) is 6.04 Å². The molecule has 0 radical (unpaired) electrons. The number of hydrogen-bond acceptors (Lipinski definition) is 3. The Bertz CT molecular complexity index is 814. The van der Waals surface area contributed by atoms with E-state index in [1.54, 1.807) is 0 Å². The molecule has 5 rings (SSSR count). The molecule has 1 aromatic carbocycles. The fourth-order valence-corrected chi connectivity index (χ4v) is 6.25. The highest BCUT2D eigenvalue weighted by Gasteiger charge is 2.48. The molecule has 2 fully saturated rings. The first-order valence-corrected chi connectivity index (χ1v) is 11.7. The van der Waals surface area contributed by atoms with Gasteiger partial charge >= 0.3 is 0 Å². The molecule has 154 valence electrons. The van der Waals surface area contributed by atoms with Crippen LogP contribution in [0.4, 0.5) is 0 Å². The van der Waals surface area contributed by atoms with Crippen LogP contribution in [-0.4, -0.2) is 23.7 Å². The second kappa shape index (κ2) is 8.20. The Morgan fingerprint density at radius 3 is 2.72 bits per heavy atom. The third kappa shape index (κ3) is 3.87. The van der Waals surface area contributed by atoms with E-state index < -0.39 is 0 Å². The lowest BCUT2D eigenvalue weighted by atomic mass is 9.68. The summed E-state index contributed by atoms with van der Waals surface area (Å²) in [6.07, 6.45) is 14.2. The summed E-state index contributed by atoms with van der Waals surface area (Å²) in [6.45, 7) is 1.93. The molecule has 3 heteroatoms. The molecular formula is C26H34N2O. The van der Waals surface area contributed by atoms with Gasteiger partial charge in [-0.2, -0.15) is 0 Å². The predicted molar refractivity (Wildman–Crippen MR) is 117 cm³/mol. The number of benzene rings is 1. The Balaban J connectivity index is 1.34. The maximum atomic E-state index is 6.40. The summed E-state index contributed by atoms with van der Waals surface area (Å²) in [5, 5.41) is 3.93. The summed E-state index contributed by atoms with van der Waals surface area (Å²) in [6, 6.07) is 16.0. The molecule has 1 spiro atoms. The third-order valence-corrected chi connectivity index (χ3v) is 7.74. The van der Waals surface area contributed by atoms with Gasteiger partial charge in [0.15, 0.2) is 0 Å². The summed E-state index contributed by atoms with van der Waals surface area (Å²) in [4.78, 5) is 4.85. The third-order valence-electron chi connectivity index (χ3n) is 7.74. The molecule has 0 amide bonds. The highest BCUT2D eigenvalue weighted by atomic mass is 16.5. The zero-order chi connectivity index (χ0) is 19.6. The largest absolute Gasteiger partial charge is 0.375 e. The number of ether oxygens (including phenoxy) is 1. The Labute approximate surface area is 175 Å². The van der Waals surface area contributed by atoms with Crippen LogP contribution in [-0.2, 0) is 16.6 Å². The molecule has 2 aliphatic carbocycles. The van der Waals surface area contributed by atoms with Gasteiger partial charge in [0, 0.05) is 30.0 Å². The average Bonchev–Trinajstić information content (AvgIpc) is 3.22. The average molecular weight is 391 g/mol. The van der Waals surface area contributed by atoms with Crippen LogP contribution in [0.2, 0.25) is 0 Å². The molecule has 2 atom stereocenters. The van der Waals surface area contributed by atoms with Crippen LogP contribution in [0.1, 0.15) is 80.7 Å². The van der Waals surface area contributed by atoms with Crippen molar-refractivity contribution in [3.63, 3.8) is 0 Å². The van der Waals surface area contributed by atoms with Crippen molar-refractivity contribution in [1.29, 1.82) is 0 Å². The van der Waals surface area contributed by atoms with Gasteiger partial charge in [0.25, 0.3) is 0 Å². The van der Waals surface area contributed by atoms with E-state index in [1.807, 2.05) is 12.3 Å². The Hall–Kier alpha value is -1.71. The molecule has 1 N–H and O–H groups in total. The molecule has 3 aliphatic rings. The van der Waals surface area contributed by atoms with Gasteiger partial charge < -0.3 is 10.1 Å². The molecule has 3 nitrogen and oxygen atoms in total. The molecule has 1 aromatic heterocycles. The van der Waals surface area contributed by atoms with Crippen LogP contribution in [0.25, 0.3) is 0 Å². The first-order valence-electron chi connectivity index (χ1n) is 11.7. The van der Waals surface area contributed by atoms with Crippen LogP contribution in [0, 0.1) is 0 Å². The smallest absolute Gasteiger partial charge is 0.0691 e. The van der Waals surface area contributed by atoms with Gasteiger partial charge in [0.2, 0.25) is 0 Å². The summed E-state index contributed by atoms with van der Waals surface area (Å²) >= 11 is 0. The van der Waals surface area contributed by atoms with Gasteiger partial charge in [-0.15, -0.1) is 0 Å². The highest BCUT2D eigenvalue weighted by Crippen LogP contribution is 2.49. The second-order valence-electron chi connectivity index (χ2n) is 9.51. The number of hydrogen-bond donors (Lipinski definition) is 1. The number of pyridine rings is 1. The first kappa shape index (κ1) is 19.3. The SMILES string of the molecule is c1ccc([C@]2(CCN[C@@H]3CCCc4ccccc43)CCOC3(CCCC3)C2)nc1. The summed E-state index contributed by atoms with van der Waals surface area (Å²) in [5.74, 6) is 0. The molecular weight excluding hydrogens is 356 g/mol. The van der Waals surface area contributed by atoms with E-state index in [-0.39, 0.29) is 11.0 Å². The fourth-order valence-electron chi connectivity index (χ4n) is 6.25. The molecule has 29 heavy (non-hydrogen) atoms. The summed E-state index contributed by atoms with van der Waals surface area (Å²) < 4.78 is 6.40. The Morgan fingerprint density at radius 2 is 1.86 bits per heavy atom. The van der Waals surface area contributed by atoms with Gasteiger partial charge in [-0.1, -0.05) is 43.2 Å². The van der Waals surface area contributed by atoms with Crippen molar-refractivity contribution in [3.8, 4) is 0 Å². The molecule has 0 bridgehead atoms. The van der Waals surface area contributed by atoms with Crippen LogP contribution < -0.4 is 5.32 Å². The van der Waals surface area contributed by atoms with Crippen molar-refractivity contribution in [2.24, 2.45) is 0 Å². The maximum absolute atomic E-state index is 6.40. The molecule has 2 aromatic rings. The number of aryl methyl sites for hydroxylation is 1. The van der Waals surface area contributed by atoms with Gasteiger partial charge in [0.05, 0.1) is 5.60 Å². The number of aromatic nitrogens is 1. The van der Waals surface area contributed by atoms with E-state index in [4.69, 9.17) is 9.72 Å². The standard InChI is InChI=1S/C26H34N2O/c1-2-10-22-21(8-1)9-7-11-23(22)27-18-15-25(24-12-3-6-17-28-24)16-19-29-26(20-25)13-4-5-14-26/h1-3,6,8,10,12,17,23,27H,4-5,7,9,11,13-16,18-20H2/t23-,25-/m1/s1. The minimum Gasteiger partial charge on any atom is -0.375 e. The second-order valence-corrected chi connectivity index (χ2v) is 9.51. The van der Waals surface area contributed by atoms with E-state index >= 15 is 0 Å². The first-order chi connectivity index (χ1) is 14.3. The summed E-state index contributed by atoms with van der Waals surface area (Å²) in [7, 11) is 0. The van der Waals surface area contributed by atoms with Crippen molar-refractivity contribution in [2.45, 2.75) is 81.3 Å². The van der Waals surface area contributed by atoms with Crippen molar-refractivity contribution < 1.29 is 4.74 Å². The molecule has 1 aliphatic heterocycles. The quantitative estimate of drug-likeness (QED) is 0.732. The zero-order valence-corrected chi connectivity index (χ0v) is 17.5. The predicted octanol–water partition coefficient (Wildman–Crippen LogP) is 5.50. The lowest BCUT2D eigenvalue weighted by Gasteiger charge is -2.46. The molecule has 1 saturated heterocycles. The van der Waals surface area contributed by atoms with Crippen LogP contribution >= 0.6 is 0 Å². The zero-order valence-electron chi connectivity index (χ0n) is 17.5. The Kier molecular flexibility index (Phi) is 5.45. The number of fused-ring (bicyclic) bond motifs is 1. The van der Waals surface area contributed by atoms with Gasteiger partial charge in [0.1, 0.15) is 0 Å². The van der Waals surface area contributed by atoms with Crippen molar-refractivity contribution >= 4 is 0 Å². The lowest BCUT2D eigenvalue weighted by Crippen LogP contribution is -2.47. The summed E-state index contributed by atoms with van der Waals surface area (Å²) in [5.41, 5.74) is 4.58. The molecule has 0 unspecified atom stereocenters. The Morgan fingerprint density at radius 1 is 1.00 bits per heavy atom. The highest BCUT2D eigenvalue weighted by molar-refractivity contribution is 5.32. The number of nitrogens with one attached hydrogen (secondary N) is 1. The van der Waals surface area contributed by atoms with Crippen molar-refractivity contribution in [3.05, 3.63) is 65.5 Å². The maximum Gasteiger partial charge on any atom is 0.0691 e. The van der Waals surface area contributed by atoms with E-state index in [2.05, 4.69) is 41.7 Å². The minimum absolute atomic E-state index is 0.104. The van der Waals surface area contributed by atoms with Crippen LogP contribution in [0.3, 0.4) is 0 Å². The van der Waals surface area contributed by atoms with Gasteiger partial charge in [-0.25, -0.2) is 0 Å². The van der Waals surface area contributed by atoms with E-state index in [1.165, 1.54) is 61.8 Å². The van der Waals surface area contributed by atoms with Crippen LogP contribution in [0.15, 0.2) is 48.7 Å². The number of rotatable bonds is 5. The van der Waals surface area contributed by atoms with Crippen molar-refractivity contribution in [1.82, 2.24) is 10.3 Å². The fraction of sp³-hybridized carbons (Fsp3) is 0.577. The minimum atomic E-state index is 0.104. The molecule has 2 heterocycles. The molecule has 1 saturated carbocycles. The topological polar surface area (TPSA) is 34.1 Å². The monoisotopic (exact) mass is 390 g/mol. The van der Waals surface area contributed by atoms with Crippen LogP contribution in [0.5, 0.6) is 0 Å². The van der Waals surface area contributed by atoms with Crippen molar-refractivity contribution in [2.75, 3.05) is 13.2 Å². The number of nitrogens with zero attached hydrogens (tertiary/aromatic N) is 1. The lowest BCUT2D eigenvalue weighted by molar-refractivity contribution is -0.104. The van der Waals surface area contributed by atoms with E-state index in [9.17, 15) is 0 Å². The normalized spacial score (nSPS) is 28.3. The van der Waals surface area contributed by atoms with Gasteiger partial charge in [-0.05, 0) is 81.2 Å². The van der Waals surface area contributed by atoms with Gasteiger partial charge in [-0.3, -0.25) is 4.98 Å².